The van der Waals surface area contributed by atoms with E-state index in [9.17, 15) is 0 Å². The summed E-state index contributed by atoms with van der Waals surface area (Å²) in [7, 11) is 0. The summed E-state index contributed by atoms with van der Waals surface area (Å²) in [5.74, 6) is 0. The van der Waals surface area contributed by atoms with Gasteiger partial charge >= 0.3 is 0 Å². The first-order valence-corrected chi connectivity index (χ1v) is 4.84. The highest BCUT2D eigenvalue weighted by Gasteiger charge is 1.98. The first kappa shape index (κ1) is 10.3. The number of hydrogen-bond acceptors (Lipinski definition) is 1. The van der Waals surface area contributed by atoms with Gasteiger partial charge in [0.05, 0.1) is 12.7 Å². The normalized spacial score (nSPS) is 12.8. The van der Waals surface area contributed by atoms with Gasteiger partial charge < -0.3 is 4.74 Å². The molecular formula is C12H17O. The Morgan fingerprint density at radius 1 is 1.31 bits per heavy atom. The molecule has 0 spiro atoms. The van der Waals surface area contributed by atoms with E-state index in [-0.39, 0.29) is 0 Å². The first-order valence-electron chi connectivity index (χ1n) is 4.84. The molecule has 0 heterocycles. The summed E-state index contributed by atoms with van der Waals surface area (Å²) in [5.41, 5.74) is 1.30. The molecule has 1 atom stereocenters. The van der Waals surface area contributed by atoms with Crippen LogP contribution in [0.5, 0.6) is 0 Å². The molecule has 0 N–H and O–H groups in total. The highest BCUT2D eigenvalue weighted by Crippen LogP contribution is 2.05. The van der Waals surface area contributed by atoms with Crippen LogP contribution in [0, 0.1) is 6.61 Å². The molecule has 0 aromatic heterocycles. The molecule has 0 saturated carbocycles. The second-order valence-electron chi connectivity index (χ2n) is 3.21. The molecule has 0 fully saturated rings. The van der Waals surface area contributed by atoms with Crippen LogP contribution in [0.3, 0.4) is 0 Å². The molecule has 71 valence electrons. The van der Waals surface area contributed by atoms with Crippen molar-refractivity contribution in [2.75, 3.05) is 0 Å². The minimum atomic E-state index is 0.337. The average molecular weight is 177 g/mol. The van der Waals surface area contributed by atoms with E-state index in [0.29, 0.717) is 6.10 Å². The highest BCUT2D eigenvalue weighted by atomic mass is 16.5. The summed E-state index contributed by atoms with van der Waals surface area (Å²) >= 11 is 0. The third-order valence-electron chi connectivity index (χ3n) is 2.07. The Bertz CT molecular complexity index is 218. The van der Waals surface area contributed by atoms with Gasteiger partial charge in [-0.2, -0.15) is 0 Å². The summed E-state index contributed by atoms with van der Waals surface area (Å²) in [6, 6.07) is 10.3. The zero-order valence-corrected chi connectivity index (χ0v) is 8.36. The molecule has 0 bridgehead atoms. The largest absolute Gasteiger partial charge is 0.372 e. The van der Waals surface area contributed by atoms with Crippen molar-refractivity contribution in [2.45, 2.75) is 32.8 Å². The summed E-state index contributed by atoms with van der Waals surface area (Å²) in [4.78, 5) is 0. The van der Waals surface area contributed by atoms with Gasteiger partial charge in [0, 0.05) is 6.42 Å². The lowest BCUT2D eigenvalue weighted by atomic mass is 10.2. The molecule has 1 nitrogen and oxygen atoms in total. The standard InChI is InChI=1S/C12H17O/c1-3-11(2)13-10-9-12-7-5-4-6-8-12/h4-8,10-11H,3,9H2,1-2H3. The molecule has 1 aromatic carbocycles. The third-order valence-corrected chi connectivity index (χ3v) is 2.07. The fraction of sp³-hybridized carbons (Fsp3) is 0.417. The molecule has 1 unspecified atom stereocenters. The van der Waals surface area contributed by atoms with Crippen LogP contribution < -0.4 is 0 Å². The van der Waals surface area contributed by atoms with Gasteiger partial charge in [0.25, 0.3) is 0 Å². The monoisotopic (exact) mass is 177 g/mol. The van der Waals surface area contributed by atoms with E-state index in [4.69, 9.17) is 4.74 Å². The average Bonchev–Trinajstić information content (AvgIpc) is 2.19. The molecule has 0 aliphatic heterocycles. The predicted octanol–water partition coefficient (Wildman–Crippen LogP) is 3.21. The molecule has 1 radical (unpaired) electrons. The maximum Gasteiger partial charge on any atom is 0.0883 e. The molecular weight excluding hydrogens is 160 g/mol. The minimum Gasteiger partial charge on any atom is -0.372 e. The second kappa shape index (κ2) is 5.76. The van der Waals surface area contributed by atoms with E-state index in [2.05, 4.69) is 26.0 Å². The van der Waals surface area contributed by atoms with Crippen LogP contribution >= 0.6 is 0 Å². The Morgan fingerprint density at radius 3 is 2.62 bits per heavy atom. The van der Waals surface area contributed by atoms with Gasteiger partial charge in [0.2, 0.25) is 0 Å². The van der Waals surface area contributed by atoms with E-state index < -0.39 is 0 Å². The molecule has 0 aliphatic rings. The van der Waals surface area contributed by atoms with Crippen LogP contribution in [0.15, 0.2) is 30.3 Å². The van der Waals surface area contributed by atoms with E-state index in [1.165, 1.54) is 5.56 Å². The molecule has 13 heavy (non-hydrogen) atoms. The first-order chi connectivity index (χ1) is 6.33. The van der Waals surface area contributed by atoms with Crippen molar-refractivity contribution in [3.05, 3.63) is 42.5 Å². The number of benzene rings is 1. The van der Waals surface area contributed by atoms with Crippen LogP contribution in [0.25, 0.3) is 0 Å². The molecule has 0 aliphatic carbocycles. The van der Waals surface area contributed by atoms with Gasteiger partial charge in [0.1, 0.15) is 0 Å². The lowest BCUT2D eigenvalue weighted by Crippen LogP contribution is -2.04. The number of hydrogen-bond donors (Lipinski definition) is 0. The van der Waals surface area contributed by atoms with Crippen molar-refractivity contribution in [3.63, 3.8) is 0 Å². The quantitative estimate of drug-likeness (QED) is 0.671. The summed E-state index contributed by atoms with van der Waals surface area (Å²) in [6.45, 7) is 6.10. The van der Waals surface area contributed by atoms with Crippen LogP contribution in [0.2, 0.25) is 0 Å². The van der Waals surface area contributed by atoms with Crippen LogP contribution in [-0.2, 0) is 11.2 Å². The van der Waals surface area contributed by atoms with Gasteiger partial charge in [-0.15, -0.1) is 0 Å². The predicted molar refractivity (Wildman–Crippen MR) is 55.3 cm³/mol. The SMILES string of the molecule is CCC(C)O[CH]Cc1ccccc1. The Labute approximate surface area is 80.7 Å². The summed E-state index contributed by atoms with van der Waals surface area (Å²) in [5, 5.41) is 0. The molecule has 0 amide bonds. The topological polar surface area (TPSA) is 9.23 Å². The van der Waals surface area contributed by atoms with Crippen molar-refractivity contribution < 1.29 is 4.74 Å². The summed E-state index contributed by atoms with van der Waals surface area (Å²) < 4.78 is 5.47. The highest BCUT2D eigenvalue weighted by molar-refractivity contribution is 5.15. The van der Waals surface area contributed by atoms with Gasteiger partial charge in [-0.1, -0.05) is 37.3 Å². The van der Waals surface area contributed by atoms with E-state index in [0.717, 1.165) is 12.8 Å². The smallest absolute Gasteiger partial charge is 0.0883 e. The van der Waals surface area contributed by atoms with E-state index in [1.807, 2.05) is 24.8 Å². The lowest BCUT2D eigenvalue weighted by molar-refractivity contribution is 0.115. The molecule has 1 aromatic rings. The van der Waals surface area contributed by atoms with Gasteiger partial charge in [0.15, 0.2) is 0 Å². The van der Waals surface area contributed by atoms with Crippen LogP contribution in [0.1, 0.15) is 25.8 Å². The van der Waals surface area contributed by atoms with Gasteiger partial charge in [-0.25, -0.2) is 0 Å². The second-order valence-corrected chi connectivity index (χ2v) is 3.21. The van der Waals surface area contributed by atoms with Gasteiger partial charge in [-0.3, -0.25) is 0 Å². The van der Waals surface area contributed by atoms with Crippen LogP contribution in [0.4, 0.5) is 0 Å². The zero-order chi connectivity index (χ0) is 9.52. The Morgan fingerprint density at radius 2 is 2.00 bits per heavy atom. The van der Waals surface area contributed by atoms with Crippen molar-refractivity contribution in [3.8, 4) is 0 Å². The fourth-order valence-electron chi connectivity index (χ4n) is 1.02. The van der Waals surface area contributed by atoms with E-state index in [1.54, 1.807) is 0 Å². The number of ether oxygens (including phenoxy) is 1. The van der Waals surface area contributed by atoms with E-state index >= 15 is 0 Å². The van der Waals surface area contributed by atoms with Crippen molar-refractivity contribution in [1.82, 2.24) is 0 Å². The third kappa shape index (κ3) is 4.09. The van der Waals surface area contributed by atoms with Crippen LogP contribution in [-0.4, -0.2) is 6.10 Å². The molecule has 1 rings (SSSR count). The van der Waals surface area contributed by atoms with Crippen molar-refractivity contribution in [2.24, 2.45) is 0 Å². The molecule has 0 saturated heterocycles. The Hall–Kier alpha value is -0.820. The maximum atomic E-state index is 5.47. The zero-order valence-electron chi connectivity index (χ0n) is 8.36. The lowest BCUT2D eigenvalue weighted by Gasteiger charge is -2.09. The van der Waals surface area contributed by atoms with Gasteiger partial charge in [-0.05, 0) is 18.9 Å². The van der Waals surface area contributed by atoms with Crippen molar-refractivity contribution >= 4 is 0 Å². The number of rotatable bonds is 5. The minimum absolute atomic E-state index is 0.337. The summed E-state index contributed by atoms with van der Waals surface area (Å²) in [6.07, 6.45) is 2.29. The fourth-order valence-corrected chi connectivity index (χ4v) is 1.02. The maximum absolute atomic E-state index is 5.47. The van der Waals surface area contributed by atoms with Crippen molar-refractivity contribution in [1.29, 1.82) is 0 Å². The Balaban J connectivity index is 2.20. The Kier molecular flexibility index (Phi) is 4.55. The molecule has 1 heteroatoms.